The van der Waals surface area contributed by atoms with Gasteiger partial charge in [-0.05, 0) is 12.3 Å². The van der Waals surface area contributed by atoms with E-state index in [4.69, 9.17) is 0 Å². The number of nitrogens with one attached hydrogen (secondary N) is 2. The Bertz CT molecular complexity index is 503. The van der Waals surface area contributed by atoms with Crippen LogP contribution in [0, 0.1) is 5.92 Å². The van der Waals surface area contributed by atoms with E-state index < -0.39 is 0 Å². The van der Waals surface area contributed by atoms with Gasteiger partial charge in [-0.15, -0.1) is 0 Å². The average molecular weight is 247 g/mol. The normalized spacial score (nSPS) is 11.1. The second-order valence-electron chi connectivity index (χ2n) is 4.83. The molecule has 0 saturated carbocycles. The third kappa shape index (κ3) is 2.91. The van der Waals surface area contributed by atoms with E-state index in [0.29, 0.717) is 5.92 Å². The topological polar surface area (TPSA) is 54.2 Å². The van der Waals surface area contributed by atoms with Gasteiger partial charge in [0.25, 0.3) is 0 Å². The molecule has 2 aromatic rings. The smallest absolute Gasteiger partial charge is 0.180 e. The highest BCUT2D eigenvalue weighted by molar-refractivity contribution is 5.65. The molecule has 0 bridgehead atoms. The summed E-state index contributed by atoms with van der Waals surface area (Å²) in [6.07, 6.45) is 6.78. The predicted octanol–water partition coefficient (Wildman–Crippen LogP) is 2.62. The zero-order valence-electron chi connectivity index (χ0n) is 11.3. The third-order valence-electron chi connectivity index (χ3n) is 2.61. The molecule has 0 atom stereocenters. The van der Waals surface area contributed by atoms with Crippen LogP contribution in [-0.4, -0.2) is 27.5 Å². The van der Waals surface area contributed by atoms with Gasteiger partial charge in [-0.1, -0.05) is 20.8 Å². The number of fused-ring (bicyclic) bond motifs is 1. The summed E-state index contributed by atoms with van der Waals surface area (Å²) in [5.41, 5.74) is 0.873. The van der Waals surface area contributed by atoms with Crippen LogP contribution in [0.15, 0.2) is 18.6 Å². The number of imidazole rings is 1. The zero-order chi connectivity index (χ0) is 13.0. The first-order valence-corrected chi connectivity index (χ1v) is 6.52. The summed E-state index contributed by atoms with van der Waals surface area (Å²) < 4.78 is 1.99. The summed E-state index contributed by atoms with van der Waals surface area (Å²) in [5.74, 6) is 2.30. The predicted molar refractivity (Wildman–Crippen MR) is 75.1 cm³/mol. The van der Waals surface area contributed by atoms with E-state index in [2.05, 4.69) is 41.4 Å². The first-order chi connectivity index (χ1) is 8.70. The lowest BCUT2D eigenvalue weighted by molar-refractivity contribution is 0.687. The number of hydrogen-bond acceptors (Lipinski definition) is 4. The Balaban J connectivity index is 2.26. The van der Waals surface area contributed by atoms with Gasteiger partial charge in [0.05, 0.1) is 6.20 Å². The minimum absolute atomic E-state index is 0.578. The van der Waals surface area contributed by atoms with Gasteiger partial charge in [-0.2, -0.15) is 0 Å². The van der Waals surface area contributed by atoms with Crippen LogP contribution in [-0.2, 0) is 0 Å². The van der Waals surface area contributed by atoms with Crippen molar-refractivity contribution in [3.05, 3.63) is 18.6 Å². The van der Waals surface area contributed by atoms with E-state index in [9.17, 15) is 0 Å². The molecule has 5 nitrogen and oxygen atoms in total. The third-order valence-corrected chi connectivity index (χ3v) is 2.61. The maximum absolute atomic E-state index is 4.58. The van der Waals surface area contributed by atoms with Crippen LogP contribution < -0.4 is 10.6 Å². The Kier molecular flexibility index (Phi) is 4.02. The molecule has 0 aromatic carbocycles. The number of aromatic nitrogens is 3. The molecule has 0 saturated heterocycles. The highest BCUT2D eigenvalue weighted by Crippen LogP contribution is 2.16. The monoisotopic (exact) mass is 247 g/mol. The number of hydrogen-bond donors (Lipinski definition) is 2. The Labute approximate surface area is 108 Å². The van der Waals surface area contributed by atoms with Crippen LogP contribution in [0.1, 0.15) is 27.2 Å². The molecular formula is C13H21N5. The summed E-state index contributed by atoms with van der Waals surface area (Å²) in [5, 5.41) is 6.66. The summed E-state index contributed by atoms with van der Waals surface area (Å²) in [7, 11) is 0. The Hall–Kier alpha value is -1.78. The van der Waals surface area contributed by atoms with Crippen molar-refractivity contribution < 1.29 is 0 Å². The number of nitrogens with zero attached hydrogens (tertiary/aromatic N) is 3. The van der Waals surface area contributed by atoms with E-state index in [-0.39, 0.29) is 0 Å². The molecule has 0 aliphatic carbocycles. The van der Waals surface area contributed by atoms with Crippen molar-refractivity contribution in [1.82, 2.24) is 14.4 Å². The summed E-state index contributed by atoms with van der Waals surface area (Å²) in [4.78, 5) is 8.91. The molecule has 2 N–H and O–H groups in total. The van der Waals surface area contributed by atoms with Crippen LogP contribution in [0.25, 0.3) is 5.65 Å². The maximum Gasteiger partial charge on any atom is 0.180 e. The van der Waals surface area contributed by atoms with Crippen molar-refractivity contribution in [3.63, 3.8) is 0 Å². The average Bonchev–Trinajstić information content (AvgIpc) is 2.81. The molecule has 0 unspecified atom stereocenters. The fraction of sp³-hybridized carbons (Fsp3) is 0.538. The zero-order valence-corrected chi connectivity index (χ0v) is 11.3. The lowest BCUT2D eigenvalue weighted by Crippen LogP contribution is -2.12. The standard InChI is InChI=1S/C13H21N5/c1-4-5-14-11-9-18-7-6-15-13(18)12(17-11)16-8-10(2)3/h6-7,9-10,14H,4-5,8H2,1-3H3,(H,16,17). The lowest BCUT2D eigenvalue weighted by Gasteiger charge is -2.11. The second kappa shape index (κ2) is 5.71. The molecule has 0 spiro atoms. The van der Waals surface area contributed by atoms with E-state index in [1.807, 2.05) is 16.8 Å². The minimum Gasteiger partial charge on any atom is -0.369 e. The maximum atomic E-state index is 4.58. The van der Waals surface area contributed by atoms with Crippen molar-refractivity contribution in [3.8, 4) is 0 Å². The van der Waals surface area contributed by atoms with Gasteiger partial charge in [0, 0.05) is 25.5 Å². The number of anilines is 2. The SMILES string of the molecule is CCCNc1cn2ccnc2c(NCC(C)C)n1. The van der Waals surface area contributed by atoms with Crippen LogP contribution >= 0.6 is 0 Å². The second-order valence-corrected chi connectivity index (χ2v) is 4.83. The van der Waals surface area contributed by atoms with Crippen LogP contribution in [0.3, 0.4) is 0 Å². The first-order valence-electron chi connectivity index (χ1n) is 6.52. The van der Waals surface area contributed by atoms with E-state index in [1.165, 1.54) is 0 Å². The Morgan fingerprint density at radius 3 is 2.89 bits per heavy atom. The van der Waals surface area contributed by atoms with E-state index >= 15 is 0 Å². The molecule has 0 radical (unpaired) electrons. The fourth-order valence-electron chi connectivity index (χ4n) is 1.69. The molecule has 0 fully saturated rings. The summed E-state index contributed by atoms with van der Waals surface area (Å²) >= 11 is 0. The van der Waals surface area contributed by atoms with Gasteiger partial charge in [0.15, 0.2) is 11.5 Å². The molecule has 2 rings (SSSR count). The highest BCUT2D eigenvalue weighted by Gasteiger charge is 2.07. The Morgan fingerprint density at radius 1 is 1.33 bits per heavy atom. The van der Waals surface area contributed by atoms with Crippen molar-refractivity contribution in [1.29, 1.82) is 0 Å². The van der Waals surface area contributed by atoms with Crippen LogP contribution in [0.4, 0.5) is 11.6 Å². The molecule has 18 heavy (non-hydrogen) atoms. The highest BCUT2D eigenvalue weighted by atomic mass is 15.1. The Morgan fingerprint density at radius 2 is 2.17 bits per heavy atom. The molecule has 98 valence electrons. The van der Waals surface area contributed by atoms with E-state index in [1.54, 1.807) is 6.20 Å². The van der Waals surface area contributed by atoms with Crippen molar-refractivity contribution in [2.24, 2.45) is 5.92 Å². The lowest BCUT2D eigenvalue weighted by atomic mass is 10.2. The van der Waals surface area contributed by atoms with Crippen molar-refractivity contribution in [2.45, 2.75) is 27.2 Å². The van der Waals surface area contributed by atoms with E-state index in [0.717, 1.165) is 36.8 Å². The van der Waals surface area contributed by atoms with Crippen LogP contribution in [0.2, 0.25) is 0 Å². The molecule has 5 heteroatoms. The van der Waals surface area contributed by atoms with Gasteiger partial charge in [-0.3, -0.25) is 0 Å². The van der Waals surface area contributed by atoms with Gasteiger partial charge in [-0.25, -0.2) is 9.97 Å². The first kappa shape index (κ1) is 12.7. The quantitative estimate of drug-likeness (QED) is 0.824. The summed E-state index contributed by atoms with van der Waals surface area (Å²) in [6.45, 7) is 8.31. The largest absolute Gasteiger partial charge is 0.369 e. The molecular weight excluding hydrogens is 226 g/mol. The molecule has 0 aliphatic rings. The minimum atomic E-state index is 0.578. The molecule has 0 aliphatic heterocycles. The molecule has 0 amide bonds. The molecule has 2 heterocycles. The van der Waals surface area contributed by atoms with Gasteiger partial charge < -0.3 is 15.0 Å². The van der Waals surface area contributed by atoms with Gasteiger partial charge in [0.1, 0.15) is 5.82 Å². The number of rotatable bonds is 6. The van der Waals surface area contributed by atoms with Crippen molar-refractivity contribution in [2.75, 3.05) is 23.7 Å². The van der Waals surface area contributed by atoms with Crippen molar-refractivity contribution >= 4 is 17.3 Å². The van der Waals surface area contributed by atoms with Gasteiger partial charge in [0.2, 0.25) is 0 Å². The molecule has 2 aromatic heterocycles. The van der Waals surface area contributed by atoms with Gasteiger partial charge >= 0.3 is 0 Å². The fourth-order valence-corrected chi connectivity index (χ4v) is 1.69. The summed E-state index contributed by atoms with van der Waals surface area (Å²) in [6, 6.07) is 0. The van der Waals surface area contributed by atoms with Crippen LogP contribution in [0.5, 0.6) is 0 Å².